The molecule has 0 saturated carbocycles. The number of nitrogens with one attached hydrogen (secondary N) is 1. The quantitative estimate of drug-likeness (QED) is 0.549. The molecule has 1 amide bonds. The van der Waals surface area contributed by atoms with E-state index in [-0.39, 0.29) is 18.4 Å². The molecule has 3 heterocycles. The Morgan fingerprint density at radius 2 is 1.91 bits per heavy atom. The number of nitrogens with zero attached hydrogens (tertiary/aromatic N) is 3. The highest BCUT2D eigenvalue weighted by Gasteiger charge is 2.42. The van der Waals surface area contributed by atoms with Crippen molar-refractivity contribution in [3.05, 3.63) is 82.3 Å². The number of amidine groups is 1. The normalized spacial score (nSPS) is 17.1. The number of aliphatic imine (C=N–C) groups is 1. The van der Waals surface area contributed by atoms with Gasteiger partial charge in [0.15, 0.2) is 5.17 Å². The molecule has 0 aliphatic carbocycles. The summed E-state index contributed by atoms with van der Waals surface area (Å²) in [4.78, 5) is 36.8. The van der Waals surface area contributed by atoms with Crippen LogP contribution in [-0.4, -0.2) is 40.1 Å². The molecule has 1 N–H and O–H groups in total. The zero-order valence-corrected chi connectivity index (χ0v) is 21.0. The second-order valence-corrected chi connectivity index (χ2v) is 9.23. The summed E-state index contributed by atoms with van der Waals surface area (Å²) >= 11 is 1.43. The van der Waals surface area contributed by atoms with Crippen molar-refractivity contribution in [3.63, 3.8) is 0 Å². The maximum Gasteiger partial charge on any atom is 0.338 e. The van der Waals surface area contributed by atoms with Gasteiger partial charge in [0.05, 0.1) is 36.9 Å². The van der Waals surface area contributed by atoms with Crippen LogP contribution in [0.1, 0.15) is 44.4 Å². The van der Waals surface area contributed by atoms with E-state index >= 15 is 0 Å². The van der Waals surface area contributed by atoms with Gasteiger partial charge in [0.2, 0.25) is 5.91 Å². The Morgan fingerprint density at radius 3 is 2.63 bits per heavy atom. The van der Waals surface area contributed by atoms with Crippen LogP contribution in [0.4, 0.5) is 0 Å². The van der Waals surface area contributed by atoms with Gasteiger partial charge in [-0.3, -0.25) is 9.78 Å². The Balaban J connectivity index is 1.65. The molecule has 0 saturated heterocycles. The smallest absolute Gasteiger partial charge is 0.338 e. The van der Waals surface area contributed by atoms with Crippen molar-refractivity contribution in [2.75, 3.05) is 7.11 Å². The number of aromatic nitrogens is 1. The summed E-state index contributed by atoms with van der Waals surface area (Å²) in [6.45, 7) is 5.84. The number of hydrogen-bond donors (Lipinski definition) is 1. The molecule has 182 valence electrons. The number of amides is 1. The van der Waals surface area contributed by atoms with Crippen molar-refractivity contribution < 1.29 is 19.1 Å². The number of pyridine rings is 1. The summed E-state index contributed by atoms with van der Waals surface area (Å²) in [6, 6.07) is 10.7. The fourth-order valence-corrected chi connectivity index (χ4v) is 4.99. The molecule has 2 aromatic rings. The summed E-state index contributed by atoms with van der Waals surface area (Å²) in [6.07, 6.45) is 3.24. The summed E-state index contributed by atoms with van der Waals surface area (Å²) in [5, 5.41) is 5.57. The highest BCUT2D eigenvalue weighted by Crippen LogP contribution is 2.46. The Labute approximate surface area is 209 Å². The molecule has 35 heavy (non-hydrogen) atoms. The Hall–Kier alpha value is -3.59. The number of para-hydroxylation sites is 1. The molecule has 1 atom stereocenters. The van der Waals surface area contributed by atoms with Gasteiger partial charge in [-0.25, -0.2) is 9.79 Å². The molecule has 4 rings (SSSR count). The monoisotopic (exact) mass is 492 g/mol. The van der Waals surface area contributed by atoms with Gasteiger partial charge in [-0.1, -0.05) is 30.0 Å². The van der Waals surface area contributed by atoms with Gasteiger partial charge < -0.3 is 19.7 Å². The Bertz CT molecular complexity index is 1210. The first-order valence-electron chi connectivity index (χ1n) is 11.3. The van der Waals surface area contributed by atoms with E-state index in [0.717, 1.165) is 16.8 Å². The molecule has 0 spiro atoms. The summed E-state index contributed by atoms with van der Waals surface area (Å²) in [5.41, 5.74) is 3.52. The number of rotatable bonds is 8. The standard InChI is InChI=1S/C26H28N4O4S/c1-16(2)34-25(32)23-17(3)29-26-30(24(23)20-7-5-6-8-21(20)33-4)19(15-35-26)13-22(31)28-14-18-9-11-27-12-10-18/h5-12,15-16,24H,13-14H2,1-4H3,(H,28,31). The Morgan fingerprint density at radius 1 is 1.17 bits per heavy atom. The van der Waals surface area contributed by atoms with E-state index in [0.29, 0.717) is 28.7 Å². The van der Waals surface area contributed by atoms with Crippen molar-refractivity contribution in [2.45, 2.75) is 45.9 Å². The second-order valence-electron chi connectivity index (χ2n) is 8.40. The summed E-state index contributed by atoms with van der Waals surface area (Å²) in [5.74, 6) is 0.0700. The largest absolute Gasteiger partial charge is 0.496 e. The fourth-order valence-electron chi connectivity index (χ4n) is 4.02. The lowest BCUT2D eigenvalue weighted by atomic mass is 9.93. The molecular weight excluding hydrogens is 464 g/mol. The third-order valence-electron chi connectivity index (χ3n) is 5.58. The molecule has 0 fully saturated rings. The number of carbonyl (C=O) groups excluding carboxylic acids is 2. The van der Waals surface area contributed by atoms with Crippen LogP contribution in [0.25, 0.3) is 0 Å². The van der Waals surface area contributed by atoms with Gasteiger partial charge in [-0.05, 0) is 49.9 Å². The minimum Gasteiger partial charge on any atom is -0.496 e. The molecule has 0 bridgehead atoms. The summed E-state index contributed by atoms with van der Waals surface area (Å²) < 4.78 is 11.2. The number of esters is 1. The number of thioether (sulfide) groups is 1. The van der Waals surface area contributed by atoms with Crippen LogP contribution >= 0.6 is 11.8 Å². The van der Waals surface area contributed by atoms with E-state index < -0.39 is 12.0 Å². The number of methoxy groups -OCH3 is 1. The molecule has 1 unspecified atom stereocenters. The predicted octanol–water partition coefficient (Wildman–Crippen LogP) is 4.32. The lowest BCUT2D eigenvalue weighted by Gasteiger charge is -2.37. The average molecular weight is 493 g/mol. The zero-order valence-electron chi connectivity index (χ0n) is 20.1. The molecule has 9 heteroatoms. The number of allylic oxidation sites excluding steroid dienone is 1. The number of hydrogen-bond acceptors (Lipinski definition) is 8. The fraction of sp³-hybridized carbons (Fsp3) is 0.308. The maximum atomic E-state index is 13.3. The summed E-state index contributed by atoms with van der Waals surface area (Å²) in [7, 11) is 1.60. The number of carbonyl (C=O) groups is 2. The molecular formula is C26H28N4O4S. The zero-order chi connectivity index (χ0) is 24.9. The lowest BCUT2D eigenvalue weighted by Crippen LogP contribution is -2.38. The van der Waals surface area contributed by atoms with Crippen LogP contribution in [0, 0.1) is 0 Å². The minimum absolute atomic E-state index is 0.133. The van der Waals surface area contributed by atoms with E-state index in [1.807, 2.05) is 67.5 Å². The van der Waals surface area contributed by atoms with Gasteiger partial charge in [0.25, 0.3) is 0 Å². The highest BCUT2D eigenvalue weighted by atomic mass is 32.2. The van der Waals surface area contributed by atoms with E-state index in [4.69, 9.17) is 9.47 Å². The number of fused-ring (bicyclic) bond motifs is 1. The second kappa shape index (κ2) is 10.8. The third kappa shape index (κ3) is 5.40. The van der Waals surface area contributed by atoms with Crippen LogP contribution in [0.3, 0.4) is 0 Å². The first-order valence-corrected chi connectivity index (χ1v) is 12.2. The van der Waals surface area contributed by atoms with Crippen molar-refractivity contribution in [1.29, 1.82) is 0 Å². The molecule has 2 aliphatic heterocycles. The maximum absolute atomic E-state index is 13.3. The van der Waals surface area contributed by atoms with Crippen LogP contribution in [0.5, 0.6) is 5.75 Å². The van der Waals surface area contributed by atoms with E-state index in [2.05, 4.69) is 15.3 Å². The molecule has 1 aromatic carbocycles. The van der Waals surface area contributed by atoms with E-state index in [1.165, 1.54) is 11.8 Å². The number of ether oxygens (including phenoxy) is 2. The van der Waals surface area contributed by atoms with Gasteiger partial charge >= 0.3 is 5.97 Å². The van der Waals surface area contributed by atoms with Crippen LogP contribution in [-0.2, 0) is 20.9 Å². The first kappa shape index (κ1) is 24.5. The van der Waals surface area contributed by atoms with Gasteiger partial charge in [-0.15, -0.1) is 0 Å². The molecule has 2 aliphatic rings. The lowest BCUT2D eigenvalue weighted by molar-refractivity contribution is -0.143. The van der Waals surface area contributed by atoms with Crippen molar-refractivity contribution in [1.82, 2.24) is 15.2 Å². The first-order chi connectivity index (χ1) is 16.9. The predicted molar refractivity (Wildman–Crippen MR) is 135 cm³/mol. The van der Waals surface area contributed by atoms with Gasteiger partial charge in [0, 0.05) is 30.2 Å². The Kier molecular flexibility index (Phi) is 7.55. The minimum atomic E-state index is -0.542. The molecule has 1 aromatic heterocycles. The topological polar surface area (TPSA) is 93.1 Å². The number of benzene rings is 1. The average Bonchev–Trinajstić information content (AvgIpc) is 3.23. The van der Waals surface area contributed by atoms with E-state index in [1.54, 1.807) is 19.5 Å². The molecule has 0 radical (unpaired) electrons. The van der Waals surface area contributed by atoms with Gasteiger partial charge in [-0.2, -0.15) is 0 Å². The van der Waals surface area contributed by atoms with Crippen LogP contribution in [0.2, 0.25) is 0 Å². The van der Waals surface area contributed by atoms with Crippen LogP contribution < -0.4 is 10.1 Å². The SMILES string of the molecule is COc1ccccc1C1C(C(=O)OC(C)C)=C(C)N=C2SC=C(CC(=O)NCc3ccncc3)N21. The van der Waals surface area contributed by atoms with Crippen LogP contribution in [0.15, 0.2) is 76.2 Å². The van der Waals surface area contributed by atoms with E-state index in [9.17, 15) is 9.59 Å². The molecule has 8 nitrogen and oxygen atoms in total. The van der Waals surface area contributed by atoms with Crippen molar-refractivity contribution in [2.24, 2.45) is 4.99 Å². The highest BCUT2D eigenvalue weighted by molar-refractivity contribution is 8.16. The third-order valence-corrected chi connectivity index (χ3v) is 6.47. The van der Waals surface area contributed by atoms with Crippen molar-refractivity contribution >= 4 is 28.8 Å². The van der Waals surface area contributed by atoms with Gasteiger partial charge in [0.1, 0.15) is 5.75 Å². The van der Waals surface area contributed by atoms with Crippen molar-refractivity contribution in [3.8, 4) is 5.75 Å².